The fraction of sp³-hybridized carbons (Fsp3) is 0.455. The van der Waals surface area contributed by atoms with Gasteiger partial charge in [-0.3, -0.25) is 0 Å². The maximum atomic E-state index is 12.9. The minimum Gasteiger partial charge on any atom is -0.461 e. The monoisotopic (exact) mass is 314 g/mol. The van der Waals surface area contributed by atoms with Gasteiger partial charge in [-0.25, -0.2) is 18.6 Å². The van der Waals surface area contributed by atoms with Gasteiger partial charge in [0.2, 0.25) is 5.88 Å². The van der Waals surface area contributed by atoms with Gasteiger partial charge in [-0.1, -0.05) is 0 Å². The number of hydrogen-bond acceptors (Lipinski definition) is 5. The number of nitrogens with zero attached hydrogens (tertiary/aromatic N) is 1. The van der Waals surface area contributed by atoms with E-state index in [0.29, 0.717) is 6.07 Å². The van der Waals surface area contributed by atoms with Gasteiger partial charge in [-0.2, -0.15) is 0 Å². The Hall–Kier alpha value is -1.97. The lowest BCUT2D eigenvalue weighted by molar-refractivity contribution is -0.276. The Labute approximate surface area is 115 Å². The third kappa shape index (κ3) is 4.52. The van der Waals surface area contributed by atoms with Crippen molar-refractivity contribution in [2.24, 2.45) is 5.73 Å². The van der Waals surface area contributed by atoms with Crippen LogP contribution in [0.1, 0.15) is 35.0 Å². The van der Waals surface area contributed by atoms with Gasteiger partial charge in [0.15, 0.2) is 5.69 Å². The van der Waals surface area contributed by atoms with E-state index in [1.807, 2.05) is 0 Å². The van der Waals surface area contributed by atoms with Crippen LogP contribution in [0.5, 0.6) is 5.88 Å². The maximum Gasteiger partial charge on any atom is 0.574 e. The molecule has 0 saturated heterocycles. The van der Waals surface area contributed by atoms with Gasteiger partial charge in [0.1, 0.15) is 0 Å². The topological polar surface area (TPSA) is 74.4 Å². The molecule has 0 aliphatic heterocycles. The van der Waals surface area contributed by atoms with Crippen molar-refractivity contribution in [3.05, 3.63) is 22.9 Å². The standard InChI is InChI=1S/C11H11F5N2O3/c1-2-20-10(19)8-6(4-17)5(9(12)13)3-7(18-8)21-11(14,15)16/h3,9H,2,4,17H2,1H3. The van der Waals surface area contributed by atoms with Crippen LogP contribution in [0.25, 0.3) is 0 Å². The molecule has 21 heavy (non-hydrogen) atoms. The average Bonchev–Trinajstić information content (AvgIpc) is 2.35. The van der Waals surface area contributed by atoms with E-state index in [4.69, 9.17) is 5.73 Å². The zero-order valence-corrected chi connectivity index (χ0v) is 10.7. The van der Waals surface area contributed by atoms with Crippen molar-refractivity contribution in [3.8, 4) is 5.88 Å². The first-order valence-electron chi connectivity index (χ1n) is 5.64. The molecule has 0 fully saturated rings. The molecular weight excluding hydrogens is 303 g/mol. The minimum atomic E-state index is -5.14. The number of nitrogens with two attached hydrogens (primary N) is 1. The Kier molecular flexibility index (Phi) is 5.41. The zero-order valence-electron chi connectivity index (χ0n) is 10.7. The number of ether oxygens (including phenoxy) is 2. The molecule has 2 N–H and O–H groups in total. The summed E-state index contributed by atoms with van der Waals surface area (Å²) in [5.74, 6) is -2.34. The molecule has 1 heterocycles. The van der Waals surface area contributed by atoms with Crippen LogP contribution in [0.3, 0.4) is 0 Å². The maximum absolute atomic E-state index is 12.9. The molecule has 0 amide bonds. The SMILES string of the molecule is CCOC(=O)c1nc(OC(F)(F)F)cc(C(F)F)c1CN. The van der Waals surface area contributed by atoms with Crippen molar-refractivity contribution in [1.82, 2.24) is 4.98 Å². The highest BCUT2D eigenvalue weighted by Crippen LogP contribution is 2.30. The molecule has 5 nitrogen and oxygen atoms in total. The smallest absolute Gasteiger partial charge is 0.461 e. The molecule has 0 aliphatic rings. The summed E-state index contributed by atoms with van der Waals surface area (Å²) < 4.78 is 70.2. The van der Waals surface area contributed by atoms with Crippen LogP contribution >= 0.6 is 0 Å². The number of halogens is 5. The van der Waals surface area contributed by atoms with Crippen LogP contribution in [0.15, 0.2) is 6.07 Å². The van der Waals surface area contributed by atoms with E-state index in [-0.39, 0.29) is 6.61 Å². The summed E-state index contributed by atoms with van der Waals surface area (Å²) in [5.41, 5.74) is 3.27. The summed E-state index contributed by atoms with van der Waals surface area (Å²) in [6, 6.07) is 0.392. The zero-order chi connectivity index (χ0) is 16.2. The number of carbonyl (C=O) groups is 1. The van der Waals surface area contributed by atoms with Crippen LogP contribution in [0, 0.1) is 0 Å². The van der Waals surface area contributed by atoms with Crippen LogP contribution in [-0.4, -0.2) is 23.9 Å². The summed E-state index contributed by atoms with van der Waals surface area (Å²) in [5, 5.41) is 0. The molecule has 0 atom stereocenters. The first-order valence-corrected chi connectivity index (χ1v) is 5.64. The highest BCUT2D eigenvalue weighted by Gasteiger charge is 2.33. The number of pyridine rings is 1. The van der Waals surface area contributed by atoms with E-state index in [9.17, 15) is 26.7 Å². The van der Waals surface area contributed by atoms with Crippen LogP contribution in [0.4, 0.5) is 22.0 Å². The van der Waals surface area contributed by atoms with Crippen molar-refractivity contribution in [2.45, 2.75) is 26.3 Å². The Morgan fingerprint density at radius 3 is 2.48 bits per heavy atom. The summed E-state index contributed by atoms with van der Waals surface area (Å²) in [7, 11) is 0. The third-order valence-electron chi connectivity index (χ3n) is 2.26. The number of aromatic nitrogens is 1. The van der Waals surface area contributed by atoms with Gasteiger partial charge >= 0.3 is 12.3 Å². The van der Waals surface area contributed by atoms with Crippen LogP contribution in [-0.2, 0) is 11.3 Å². The van der Waals surface area contributed by atoms with Crippen molar-refractivity contribution in [3.63, 3.8) is 0 Å². The van der Waals surface area contributed by atoms with E-state index in [1.165, 1.54) is 6.92 Å². The van der Waals surface area contributed by atoms with Gasteiger partial charge in [0.05, 0.1) is 6.61 Å². The van der Waals surface area contributed by atoms with Crippen LogP contribution < -0.4 is 10.5 Å². The third-order valence-corrected chi connectivity index (χ3v) is 2.26. The number of rotatable bonds is 5. The summed E-state index contributed by atoms with van der Waals surface area (Å²) in [6.07, 6.45) is -8.29. The molecule has 1 aromatic rings. The lowest BCUT2D eigenvalue weighted by atomic mass is 10.1. The normalized spacial score (nSPS) is 11.6. The number of carbonyl (C=O) groups excluding carboxylic acids is 1. The lowest BCUT2D eigenvalue weighted by Gasteiger charge is -2.15. The molecule has 1 rings (SSSR count). The Morgan fingerprint density at radius 1 is 1.43 bits per heavy atom. The van der Waals surface area contributed by atoms with Crippen molar-refractivity contribution in [2.75, 3.05) is 6.61 Å². The summed E-state index contributed by atoms with van der Waals surface area (Å²) in [6.45, 7) is 0.802. The van der Waals surface area contributed by atoms with Gasteiger partial charge in [0, 0.05) is 23.7 Å². The molecule has 0 aromatic carbocycles. The molecule has 0 unspecified atom stereocenters. The van der Waals surface area contributed by atoms with E-state index in [1.54, 1.807) is 0 Å². The minimum absolute atomic E-state index is 0.112. The fourth-order valence-corrected chi connectivity index (χ4v) is 1.52. The molecule has 10 heteroatoms. The first-order chi connectivity index (χ1) is 9.69. The van der Waals surface area contributed by atoms with E-state index < -0.39 is 48.0 Å². The number of hydrogen-bond donors (Lipinski definition) is 1. The molecular formula is C11H11F5N2O3. The molecule has 0 spiro atoms. The Bertz CT molecular complexity index is 519. The van der Waals surface area contributed by atoms with E-state index >= 15 is 0 Å². The Morgan fingerprint density at radius 2 is 2.05 bits per heavy atom. The molecule has 0 saturated carbocycles. The van der Waals surface area contributed by atoms with Gasteiger partial charge in [-0.05, 0) is 6.92 Å². The second kappa shape index (κ2) is 6.66. The lowest BCUT2D eigenvalue weighted by Crippen LogP contribution is -2.21. The van der Waals surface area contributed by atoms with Crippen molar-refractivity contribution < 1.29 is 36.2 Å². The quantitative estimate of drug-likeness (QED) is 0.668. The molecule has 0 radical (unpaired) electrons. The van der Waals surface area contributed by atoms with Crippen molar-refractivity contribution in [1.29, 1.82) is 0 Å². The summed E-state index contributed by atoms with van der Waals surface area (Å²) in [4.78, 5) is 14.9. The van der Waals surface area contributed by atoms with Gasteiger partial charge in [-0.15, -0.1) is 13.2 Å². The van der Waals surface area contributed by atoms with Crippen molar-refractivity contribution >= 4 is 5.97 Å². The fourth-order valence-electron chi connectivity index (χ4n) is 1.52. The predicted molar refractivity (Wildman–Crippen MR) is 59.7 cm³/mol. The second-order valence-electron chi connectivity index (χ2n) is 3.65. The molecule has 0 bridgehead atoms. The molecule has 1 aromatic heterocycles. The molecule has 0 aliphatic carbocycles. The first kappa shape index (κ1) is 17.1. The predicted octanol–water partition coefficient (Wildman–Crippen LogP) is 2.55. The van der Waals surface area contributed by atoms with Gasteiger partial charge < -0.3 is 15.2 Å². The Balaban J connectivity index is 3.40. The highest BCUT2D eigenvalue weighted by molar-refractivity contribution is 5.89. The highest BCUT2D eigenvalue weighted by atomic mass is 19.4. The van der Waals surface area contributed by atoms with E-state index in [0.717, 1.165) is 0 Å². The number of alkyl halides is 5. The second-order valence-corrected chi connectivity index (χ2v) is 3.65. The number of esters is 1. The molecule has 118 valence electrons. The average molecular weight is 314 g/mol. The van der Waals surface area contributed by atoms with Crippen LogP contribution in [0.2, 0.25) is 0 Å². The summed E-state index contributed by atoms with van der Waals surface area (Å²) >= 11 is 0. The van der Waals surface area contributed by atoms with Gasteiger partial charge in [0.25, 0.3) is 6.43 Å². The largest absolute Gasteiger partial charge is 0.574 e. The van der Waals surface area contributed by atoms with E-state index in [2.05, 4.69) is 14.5 Å².